The maximum atomic E-state index is 12.9. The van der Waals surface area contributed by atoms with E-state index in [2.05, 4.69) is 0 Å². The topological polar surface area (TPSA) is 55.8 Å². The molecule has 1 heterocycles. The minimum absolute atomic E-state index is 0.221. The predicted octanol–water partition coefficient (Wildman–Crippen LogP) is 4.28. The summed E-state index contributed by atoms with van der Waals surface area (Å²) in [6, 6.07) is 14.1. The van der Waals surface area contributed by atoms with Gasteiger partial charge in [0.05, 0.1) is 29.9 Å². The summed E-state index contributed by atoms with van der Waals surface area (Å²) in [5.41, 5.74) is 1.79. The number of thioether (sulfide) groups is 1. The lowest BCUT2D eigenvalue weighted by Gasteiger charge is -2.15. The highest BCUT2D eigenvalue weighted by molar-refractivity contribution is 8.27. The van der Waals surface area contributed by atoms with E-state index >= 15 is 0 Å². The molecule has 1 saturated heterocycles. The summed E-state index contributed by atoms with van der Waals surface area (Å²) in [5, 5.41) is 0. The Kier molecular flexibility index (Phi) is 5.93. The highest BCUT2D eigenvalue weighted by atomic mass is 32.2. The number of methoxy groups -OCH3 is 1. The first-order valence-electron chi connectivity index (χ1n) is 8.22. The second-order valence-corrected chi connectivity index (χ2v) is 7.24. The molecule has 0 N–H and O–H groups in total. The Bertz CT molecular complexity index is 922. The minimum Gasteiger partial charge on any atom is -0.497 e. The number of nitrogens with zero attached hydrogens (tertiary/aromatic N) is 1. The Hall–Kier alpha value is -2.64. The van der Waals surface area contributed by atoms with Gasteiger partial charge >= 0.3 is 5.97 Å². The van der Waals surface area contributed by atoms with Gasteiger partial charge in [-0.05, 0) is 48.9 Å². The van der Waals surface area contributed by atoms with Crippen LogP contribution in [0.15, 0.2) is 53.4 Å². The van der Waals surface area contributed by atoms with Crippen LogP contribution in [0.5, 0.6) is 5.75 Å². The zero-order valence-electron chi connectivity index (χ0n) is 14.8. The molecular weight excluding hydrogens is 382 g/mol. The zero-order chi connectivity index (χ0) is 19.4. The van der Waals surface area contributed by atoms with Crippen molar-refractivity contribution in [3.8, 4) is 5.75 Å². The highest BCUT2D eigenvalue weighted by Gasteiger charge is 2.33. The SMILES string of the molecule is CCOC(=O)c1cccc(N2C(=O)/C(=C\c3ccc(OC)cc3)SC2=S)c1. The number of rotatable bonds is 5. The summed E-state index contributed by atoms with van der Waals surface area (Å²) >= 11 is 6.61. The first-order chi connectivity index (χ1) is 13.0. The van der Waals surface area contributed by atoms with Gasteiger partial charge in [-0.25, -0.2) is 4.79 Å². The predicted molar refractivity (Wildman–Crippen MR) is 111 cm³/mol. The standard InChI is InChI=1S/C20H17NO4S2/c1-3-25-19(23)14-5-4-6-15(12-14)21-18(22)17(27-20(21)26)11-13-7-9-16(24-2)10-8-13/h4-12H,3H2,1-2H3/b17-11+. The number of amides is 1. The van der Waals surface area contributed by atoms with Crippen LogP contribution in [0.25, 0.3) is 6.08 Å². The van der Waals surface area contributed by atoms with Gasteiger partial charge in [0.2, 0.25) is 0 Å². The van der Waals surface area contributed by atoms with Crippen molar-refractivity contribution in [2.45, 2.75) is 6.92 Å². The van der Waals surface area contributed by atoms with Crippen molar-refractivity contribution in [1.82, 2.24) is 0 Å². The molecular formula is C20H17NO4S2. The van der Waals surface area contributed by atoms with Gasteiger partial charge in [-0.15, -0.1) is 0 Å². The van der Waals surface area contributed by atoms with Crippen LogP contribution in [0.4, 0.5) is 5.69 Å². The minimum atomic E-state index is -0.432. The van der Waals surface area contributed by atoms with Crippen LogP contribution in [0.3, 0.4) is 0 Å². The van der Waals surface area contributed by atoms with Crippen LogP contribution in [0.2, 0.25) is 0 Å². The van der Waals surface area contributed by atoms with Gasteiger partial charge in [-0.2, -0.15) is 0 Å². The molecule has 3 rings (SSSR count). The third-order valence-electron chi connectivity index (χ3n) is 3.82. The normalized spacial score (nSPS) is 15.3. The molecule has 0 saturated carbocycles. The molecule has 27 heavy (non-hydrogen) atoms. The average molecular weight is 399 g/mol. The van der Waals surface area contributed by atoms with Gasteiger partial charge in [0.15, 0.2) is 4.32 Å². The summed E-state index contributed by atoms with van der Waals surface area (Å²) in [6.07, 6.45) is 1.79. The van der Waals surface area contributed by atoms with Crippen molar-refractivity contribution in [3.63, 3.8) is 0 Å². The van der Waals surface area contributed by atoms with Crippen LogP contribution < -0.4 is 9.64 Å². The lowest BCUT2D eigenvalue weighted by molar-refractivity contribution is -0.113. The first-order valence-corrected chi connectivity index (χ1v) is 9.45. The van der Waals surface area contributed by atoms with Crippen molar-refractivity contribution >= 4 is 51.9 Å². The van der Waals surface area contributed by atoms with Crippen molar-refractivity contribution < 1.29 is 19.1 Å². The molecule has 0 radical (unpaired) electrons. The van der Waals surface area contributed by atoms with Gasteiger partial charge in [0, 0.05) is 0 Å². The molecule has 0 atom stereocenters. The third-order valence-corrected chi connectivity index (χ3v) is 5.12. The van der Waals surface area contributed by atoms with Gasteiger partial charge < -0.3 is 9.47 Å². The number of carbonyl (C=O) groups excluding carboxylic acids is 2. The molecule has 7 heteroatoms. The first kappa shape index (κ1) is 19.1. The molecule has 1 amide bonds. The molecule has 0 aromatic heterocycles. The summed E-state index contributed by atoms with van der Waals surface area (Å²) in [7, 11) is 1.60. The molecule has 0 bridgehead atoms. The van der Waals surface area contributed by atoms with Crippen molar-refractivity contribution in [3.05, 3.63) is 64.6 Å². The number of carbonyl (C=O) groups is 2. The Labute approximate surface area is 167 Å². The average Bonchev–Trinajstić information content (AvgIpc) is 2.96. The number of ether oxygens (including phenoxy) is 2. The maximum absolute atomic E-state index is 12.9. The second-order valence-electron chi connectivity index (χ2n) is 5.56. The van der Waals surface area contributed by atoms with E-state index < -0.39 is 5.97 Å². The number of thiocarbonyl (C=S) groups is 1. The van der Waals surface area contributed by atoms with Crippen LogP contribution >= 0.6 is 24.0 Å². The number of esters is 1. The van der Waals surface area contributed by atoms with Crippen molar-refractivity contribution in [2.24, 2.45) is 0 Å². The van der Waals surface area contributed by atoms with Crippen molar-refractivity contribution in [1.29, 1.82) is 0 Å². The highest BCUT2D eigenvalue weighted by Crippen LogP contribution is 2.36. The van der Waals surface area contributed by atoms with Crippen molar-refractivity contribution in [2.75, 3.05) is 18.6 Å². The van der Waals surface area contributed by atoms with Gasteiger partial charge in [0.1, 0.15) is 5.75 Å². The van der Waals surface area contributed by atoms with Crippen LogP contribution in [0.1, 0.15) is 22.8 Å². The monoisotopic (exact) mass is 399 g/mol. The molecule has 5 nitrogen and oxygen atoms in total. The molecule has 138 valence electrons. The van der Waals surface area contributed by atoms with E-state index in [1.807, 2.05) is 24.3 Å². The fraction of sp³-hybridized carbons (Fsp3) is 0.150. The summed E-state index contributed by atoms with van der Waals surface area (Å²) in [5.74, 6) is 0.0934. The lowest BCUT2D eigenvalue weighted by Crippen LogP contribution is -2.27. The molecule has 1 aliphatic heterocycles. The summed E-state index contributed by atoms with van der Waals surface area (Å²) in [6.45, 7) is 2.03. The van der Waals surface area contributed by atoms with Gasteiger partial charge in [0.25, 0.3) is 5.91 Å². The molecule has 1 aliphatic rings. The largest absolute Gasteiger partial charge is 0.497 e. The van der Waals surface area contributed by atoms with Crippen LogP contribution in [-0.4, -0.2) is 29.9 Å². The number of benzene rings is 2. The van der Waals surface area contributed by atoms with E-state index in [0.717, 1.165) is 11.3 Å². The van der Waals surface area contributed by atoms with E-state index in [-0.39, 0.29) is 12.5 Å². The molecule has 0 unspecified atom stereocenters. The Morgan fingerprint density at radius 3 is 2.63 bits per heavy atom. The number of hydrogen-bond donors (Lipinski definition) is 0. The molecule has 1 fully saturated rings. The summed E-state index contributed by atoms with van der Waals surface area (Å²) < 4.78 is 10.6. The second kappa shape index (κ2) is 8.37. The van der Waals surface area contributed by atoms with E-state index in [0.29, 0.717) is 20.5 Å². The Morgan fingerprint density at radius 1 is 1.22 bits per heavy atom. The van der Waals surface area contributed by atoms with E-state index in [4.69, 9.17) is 21.7 Å². The van der Waals surface area contributed by atoms with E-state index in [1.54, 1.807) is 44.4 Å². The smallest absolute Gasteiger partial charge is 0.338 e. The lowest BCUT2D eigenvalue weighted by atomic mass is 10.1. The van der Waals surface area contributed by atoms with Gasteiger partial charge in [-0.1, -0.05) is 42.2 Å². The molecule has 0 spiro atoms. The molecule has 0 aliphatic carbocycles. The maximum Gasteiger partial charge on any atom is 0.338 e. The Balaban J connectivity index is 1.86. The van der Waals surface area contributed by atoms with Crippen LogP contribution in [0, 0.1) is 0 Å². The summed E-state index contributed by atoms with van der Waals surface area (Å²) in [4.78, 5) is 26.8. The molecule has 2 aromatic rings. The Morgan fingerprint density at radius 2 is 1.96 bits per heavy atom. The fourth-order valence-electron chi connectivity index (χ4n) is 2.53. The quantitative estimate of drug-likeness (QED) is 0.425. The van der Waals surface area contributed by atoms with E-state index in [1.165, 1.54) is 16.7 Å². The fourth-order valence-corrected chi connectivity index (χ4v) is 3.83. The van der Waals surface area contributed by atoms with E-state index in [9.17, 15) is 9.59 Å². The van der Waals surface area contributed by atoms with Crippen LogP contribution in [-0.2, 0) is 9.53 Å². The van der Waals surface area contributed by atoms with Gasteiger partial charge in [-0.3, -0.25) is 9.69 Å². The third kappa shape index (κ3) is 4.20. The molecule has 2 aromatic carbocycles. The number of hydrogen-bond acceptors (Lipinski definition) is 6. The number of anilines is 1. The zero-order valence-corrected chi connectivity index (χ0v) is 16.4.